The topological polar surface area (TPSA) is 95.5 Å². The third-order valence-electron chi connectivity index (χ3n) is 6.12. The van der Waals surface area contributed by atoms with Crippen LogP contribution in [0.1, 0.15) is 50.3 Å². The van der Waals surface area contributed by atoms with Crippen molar-refractivity contribution in [3.63, 3.8) is 0 Å². The minimum absolute atomic E-state index is 0.323. The Kier molecular flexibility index (Phi) is 10.7. The lowest BCUT2D eigenvalue weighted by atomic mass is 9.85. The minimum Gasteiger partial charge on any atom is -0.357 e. The summed E-state index contributed by atoms with van der Waals surface area (Å²) >= 11 is 0. The predicted molar refractivity (Wildman–Crippen MR) is 138 cm³/mol. The van der Waals surface area contributed by atoms with Crippen LogP contribution in [-0.2, 0) is 26.7 Å². The van der Waals surface area contributed by atoms with Gasteiger partial charge in [0, 0.05) is 38.1 Å². The normalized spacial score (nSPS) is 15.3. The van der Waals surface area contributed by atoms with Crippen molar-refractivity contribution in [2.45, 2.75) is 58.4 Å². The summed E-state index contributed by atoms with van der Waals surface area (Å²) < 4.78 is 65.9. The van der Waals surface area contributed by atoms with Crippen LogP contribution in [0.2, 0.25) is 0 Å². The first-order valence-electron chi connectivity index (χ1n) is 12.2. The van der Waals surface area contributed by atoms with Gasteiger partial charge in [0.1, 0.15) is 11.9 Å². The molecule has 0 aliphatic carbocycles. The molecule has 0 spiro atoms. The fourth-order valence-electron chi connectivity index (χ4n) is 4.04. The zero-order valence-corrected chi connectivity index (χ0v) is 22.8. The van der Waals surface area contributed by atoms with Gasteiger partial charge in [-0.15, -0.1) is 0 Å². The summed E-state index contributed by atoms with van der Waals surface area (Å²) in [5.74, 6) is -3.18. The van der Waals surface area contributed by atoms with Gasteiger partial charge in [-0.05, 0) is 34.6 Å². The number of alkyl halides is 3. The van der Waals surface area contributed by atoms with Crippen molar-refractivity contribution in [2.24, 2.45) is 11.3 Å². The van der Waals surface area contributed by atoms with E-state index in [9.17, 15) is 36.6 Å². The van der Waals surface area contributed by atoms with Crippen LogP contribution in [0.25, 0.3) is 0 Å². The largest absolute Gasteiger partial charge is 0.389 e. The maximum atomic E-state index is 13.9. The summed E-state index contributed by atoms with van der Waals surface area (Å²) in [7, 11) is -2.73. The molecule has 38 heavy (non-hydrogen) atoms. The van der Waals surface area contributed by atoms with Crippen LogP contribution < -0.4 is 10.6 Å². The van der Waals surface area contributed by atoms with Crippen LogP contribution in [0.5, 0.6) is 0 Å². The monoisotopic (exact) mass is 558 g/mol. The van der Waals surface area contributed by atoms with Crippen molar-refractivity contribution in [3.8, 4) is 0 Å². The highest BCUT2D eigenvalue weighted by Crippen LogP contribution is 2.47. The maximum absolute atomic E-state index is 13.9. The molecule has 0 radical (unpaired) electrons. The first-order chi connectivity index (χ1) is 17.5. The van der Waals surface area contributed by atoms with Gasteiger partial charge in [0.25, 0.3) is 0 Å². The number of benzene rings is 2. The molecule has 2 amide bonds. The molecule has 0 bridgehead atoms. The molecule has 3 unspecified atom stereocenters. The molecule has 3 atom stereocenters. The Hall–Kier alpha value is -2.71. The van der Waals surface area contributed by atoms with Crippen molar-refractivity contribution in [2.75, 3.05) is 13.2 Å². The molecule has 0 aliphatic rings. The molecule has 2 aromatic carbocycles. The average molecular weight is 559 g/mol. The van der Waals surface area contributed by atoms with Crippen molar-refractivity contribution in [1.29, 1.82) is 0 Å². The third kappa shape index (κ3) is 10.2. The van der Waals surface area contributed by atoms with Crippen LogP contribution >= 0.6 is 7.37 Å². The molecule has 0 aromatic heterocycles. The van der Waals surface area contributed by atoms with E-state index in [0.717, 1.165) is 5.56 Å². The van der Waals surface area contributed by atoms with Crippen molar-refractivity contribution in [1.82, 2.24) is 10.6 Å². The average Bonchev–Trinajstić information content (AvgIpc) is 2.80. The summed E-state index contributed by atoms with van der Waals surface area (Å²) in [5, 5.41) is 4.90. The molecule has 2 aromatic rings. The van der Waals surface area contributed by atoms with E-state index in [0.29, 0.717) is 17.5 Å². The van der Waals surface area contributed by atoms with Gasteiger partial charge in [0.15, 0.2) is 0 Å². The van der Waals surface area contributed by atoms with E-state index < -0.39 is 61.7 Å². The maximum Gasteiger partial charge on any atom is 0.389 e. The first kappa shape index (κ1) is 31.5. The molecule has 0 saturated heterocycles. The van der Waals surface area contributed by atoms with E-state index in [2.05, 4.69) is 10.6 Å². The second-order valence-electron chi connectivity index (χ2n) is 10.5. The predicted octanol–water partition coefficient (Wildman–Crippen LogP) is 5.42. The molecule has 210 valence electrons. The van der Waals surface area contributed by atoms with E-state index in [-0.39, 0.29) is 12.0 Å². The quantitative estimate of drug-likeness (QED) is 0.254. The highest BCUT2D eigenvalue weighted by atomic mass is 31.2. The SMILES string of the molecule is CNC(=O)C(NC(=O)C(CCC(F)(F)F)CP(=O)(O)Cc1ccc(Cc2ccccc2F)cc1)C(C)(C)C. The highest BCUT2D eigenvalue weighted by Gasteiger charge is 2.38. The smallest absolute Gasteiger partial charge is 0.357 e. The van der Waals surface area contributed by atoms with E-state index in [1.165, 1.54) is 13.1 Å². The Bertz CT molecular complexity index is 1150. The number of carbonyl (C=O) groups excluding carboxylic acids is 2. The Balaban J connectivity index is 2.16. The van der Waals surface area contributed by atoms with Crippen LogP contribution in [0, 0.1) is 17.2 Å². The van der Waals surface area contributed by atoms with Crippen molar-refractivity contribution in [3.05, 3.63) is 71.0 Å². The van der Waals surface area contributed by atoms with E-state index in [4.69, 9.17) is 0 Å². The number of hydrogen-bond donors (Lipinski definition) is 3. The van der Waals surface area contributed by atoms with Crippen molar-refractivity contribution < 1.29 is 36.6 Å². The second kappa shape index (κ2) is 12.9. The Morgan fingerprint density at radius 2 is 1.55 bits per heavy atom. The molecular weight excluding hydrogens is 523 g/mol. The first-order valence-corrected chi connectivity index (χ1v) is 14.2. The number of likely N-dealkylation sites (N-methyl/N-ethyl adjacent to an activating group) is 1. The molecule has 11 heteroatoms. The van der Waals surface area contributed by atoms with Gasteiger partial charge in [-0.25, -0.2) is 4.39 Å². The number of nitrogens with one attached hydrogen (secondary N) is 2. The Labute approximate surface area is 220 Å². The molecule has 3 N–H and O–H groups in total. The summed E-state index contributed by atoms with van der Waals surface area (Å²) in [5.41, 5.74) is 0.979. The highest BCUT2D eigenvalue weighted by molar-refractivity contribution is 7.57. The van der Waals surface area contributed by atoms with Gasteiger partial charge < -0.3 is 15.5 Å². The van der Waals surface area contributed by atoms with Crippen LogP contribution in [0.15, 0.2) is 48.5 Å². The lowest BCUT2D eigenvalue weighted by Gasteiger charge is -2.31. The van der Waals surface area contributed by atoms with Gasteiger partial charge >= 0.3 is 6.18 Å². The second-order valence-corrected chi connectivity index (χ2v) is 12.9. The molecule has 6 nitrogen and oxygen atoms in total. The summed E-state index contributed by atoms with van der Waals surface area (Å²) in [4.78, 5) is 36.0. The number of halogens is 4. The van der Waals surface area contributed by atoms with E-state index in [1.54, 1.807) is 63.2 Å². The summed E-state index contributed by atoms with van der Waals surface area (Å²) in [6.45, 7) is 5.06. The van der Waals surface area contributed by atoms with Gasteiger partial charge in [0.2, 0.25) is 19.2 Å². The minimum atomic E-state index is -4.56. The Morgan fingerprint density at radius 1 is 0.974 bits per heavy atom. The molecule has 2 rings (SSSR count). The number of amides is 2. The summed E-state index contributed by atoms with van der Waals surface area (Å²) in [6, 6.07) is 11.9. The molecule has 0 aliphatic heterocycles. The third-order valence-corrected chi connectivity index (χ3v) is 7.99. The number of carbonyl (C=O) groups is 2. The number of hydrogen-bond acceptors (Lipinski definition) is 3. The van der Waals surface area contributed by atoms with Crippen LogP contribution in [-0.4, -0.2) is 42.1 Å². The zero-order chi connectivity index (χ0) is 28.7. The summed E-state index contributed by atoms with van der Waals surface area (Å²) in [6.07, 6.45) is -7.25. The Morgan fingerprint density at radius 3 is 2.08 bits per heavy atom. The fraction of sp³-hybridized carbons (Fsp3) is 0.481. The standard InChI is InChI=1S/C27H35F4N2O4P/c1-26(2,3)23(25(35)32-4)33-24(34)21(13-14-27(29,30)31)17-38(36,37)16-19-11-9-18(10-12-19)15-20-7-5-6-8-22(20)28/h5-12,21,23H,13-17H2,1-4H3,(H,32,35)(H,33,34)(H,36,37). The van der Waals surface area contributed by atoms with Gasteiger partial charge in [-0.1, -0.05) is 63.2 Å². The molecular formula is C27H35F4N2O4P. The van der Waals surface area contributed by atoms with E-state index in [1.807, 2.05) is 0 Å². The lowest BCUT2D eigenvalue weighted by molar-refractivity contribution is -0.142. The fourth-order valence-corrected chi connectivity index (χ4v) is 5.99. The van der Waals surface area contributed by atoms with Gasteiger partial charge in [0.05, 0.1) is 0 Å². The van der Waals surface area contributed by atoms with Gasteiger partial charge in [-0.3, -0.25) is 14.2 Å². The molecule has 0 fully saturated rings. The van der Waals surface area contributed by atoms with E-state index >= 15 is 0 Å². The molecule has 0 heterocycles. The molecule has 0 saturated carbocycles. The zero-order valence-electron chi connectivity index (χ0n) is 21.9. The van der Waals surface area contributed by atoms with Crippen LogP contribution in [0.3, 0.4) is 0 Å². The van der Waals surface area contributed by atoms with Crippen LogP contribution in [0.4, 0.5) is 17.6 Å². The number of rotatable bonds is 11. The van der Waals surface area contributed by atoms with Gasteiger partial charge in [-0.2, -0.15) is 13.2 Å². The van der Waals surface area contributed by atoms with Crippen molar-refractivity contribution >= 4 is 19.2 Å². The lowest BCUT2D eigenvalue weighted by Crippen LogP contribution is -2.54.